The second-order valence-electron chi connectivity index (χ2n) is 8.48. The van der Waals surface area contributed by atoms with Crippen molar-refractivity contribution in [2.75, 3.05) is 18.0 Å². The van der Waals surface area contributed by atoms with E-state index in [1.54, 1.807) is 0 Å². The van der Waals surface area contributed by atoms with E-state index in [1.807, 2.05) is 59.3 Å². The minimum atomic E-state index is 0. The van der Waals surface area contributed by atoms with E-state index in [1.165, 1.54) is 4.90 Å². The van der Waals surface area contributed by atoms with Gasteiger partial charge < -0.3 is 24.0 Å². The number of aryl methyl sites for hydroxylation is 1. The van der Waals surface area contributed by atoms with Crippen LogP contribution in [0, 0.1) is 13.8 Å². The molecule has 7 heteroatoms. The summed E-state index contributed by atoms with van der Waals surface area (Å²) in [5, 5.41) is 4.80. The highest BCUT2D eigenvalue weighted by molar-refractivity contribution is 5.79. The maximum Gasteiger partial charge on any atom is 0.272 e. The minimum absolute atomic E-state index is 0. The van der Waals surface area contributed by atoms with Gasteiger partial charge in [-0.25, -0.2) is 9.67 Å². The summed E-state index contributed by atoms with van der Waals surface area (Å²) in [4.78, 5) is 13.4. The van der Waals surface area contributed by atoms with Crippen LogP contribution in [0.1, 0.15) is 17.0 Å². The Labute approximate surface area is 223 Å². The van der Waals surface area contributed by atoms with E-state index >= 15 is 0 Å². The minimum Gasteiger partial charge on any atom is -1.00 e. The number of para-hydroxylation sites is 3. The van der Waals surface area contributed by atoms with Gasteiger partial charge in [-0.05, 0) is 56.3 Å². The first kappa shape index (κ1) is 24.8. The van der Waals surface area contributed by atoms with Crippen molar-refractivity contribution < 1.29 is 28.9 Å². The number of rotatable bonds is 7. The van der Waals surface area contributed by atoms with E-state index < -0.39 is 0 Å². The number of quaternary nitrogens is 1. The fraction of sp³-hybridized carbons (Fsp3) is 0.179. The third-order valence-corrected chi connectivity index (χ3v) is 6.30. The predicted octanol–water partition coefficient (Wildman–Crippen LogP) is 1.18. The molecule has 3 heterocycles. The van der Waals surface area contributed by atoms with Crippen LogP contribution in [0.25, 0.3) is 22.8 Å². The SMILES string of the molecule is C=CCN1c2nc3ccccc3nc2[NH+](CC=C)C1C=Cc1c(C)nn(-c2ccccc2)c1C.[I-]. The topological polar surface area (TPSA) is 51.3 Å². The zero-order chi connectivity index (χ0) is 23.7. The molecule has 0 spiro atoms. The summed E-state index contributed by atoms with van der Waals surface area (Å²) >= 11 is 0. The smallest absolute Gasteiger partial charge is 0.272 e. The molecule has 1 aliphatic heterocycles. The van der Waals surface area contributed by atoms with E-state index in [9.17, 15) is 0 Å². The molecule has 0 saturated carbocycles. The van der Waals surface area contributed by atoms with Crippen molar-refractivity contribution in [3.05, 3.63) is 103 Å². The maximum absolute atomic E-state index is 5.00. The number of aromatic nitrogens is 4. The lowest BCUT2D eigenvalue weighted by Crippen LogP contribution is -3.11. The first-order valence-electron chi connectivity index (χ1n) is 11.5. The van der Waals surface area contributed by atoms with Crippen LogP contribution < -0.4 is 33.8 Å². The lowest BCUT2D eigenvalue weighted by molar-refractivity contribution is -0.841. The Morgan fingerprint density at radius 1 is 0.943 bits per heavy atom. The average Bonchev–Trinajstić information content (AvgIpc) is 3.30. The quantitative estimate of drug-likeness (QED) is 0.266. The summed E-state index contributed by atoms with van der Waals surface area (Å²) in [7, 11) is 0. The highest BCUT2D eigenvalue weighted by Crippen LogP contribution is 2.29. The predicted molar refractivity (Wildman–Crippen MR) is 139 cm³/mol. The number of halogens is 1. The van der Waals surface area contributed by atoms with Crippen LogP contribution in [-0.4, -0.2) is 39.0 Å². The lowest BCUT2D eigenvalue weighted by Gasteiger charge is -2.23. The van der Waals surface area contributed by atoms with Gasteiger partial charge in [-0.2, -0.15) is 10.1 Å². The fourth-order valence-corrected chi connectivity index (χ4v) is 4.70. The van der Waals surface area contributed by atoms with Crippen molar-refractivity contribution >= 4 is 28.7 Å². The molecule has 5 rings (SSSR count). The molecule has 2 atom stereocenters. The van der Waals surface area contributed by atoms with Crippen molar-refractivity contribution in [1.82, 2.24) is 19.7 Å². The molecule has 178 valence electrons. The van der Waals surface area contributed by atoms with Crippen LogP contribution in [0.4, 0.5) is 11.6 Å². The van der Waals surface area contributed by atoms with Gasteiger partial charge in [0, 0.05) is 17.8 Å². The fourth-order valence-electron chi connectivity index (χ4n) is 4.70. The van der Waals surface area contributed by atoms with Crippen molar-refractivity contribution in [2.45, 2.75) is 20.0 Å². The second kappa shape index (κ2) is 10.5. The molecule has 0 amide bonds. The average molecular weight is 576 g/mol. The zero-order valence-corrected chi connectivity index (χ0v) is 22.2. The molecule has 0 radical (unpaired) electrons. The normalized spacial score (nSPS) is 16.9. The molecule has 2 aromatic heterocycles. The molecular weight excluding hydrogens is 547 g/mol. The van der Waals surface area contributed by atoms with Gasteiger partial charge in [-0.15, -0.1) is 6.58 Å². The molecule has 0 saturated heterocycles. The van der Waals surface area contributed by atoms with Gasteiger partial charge >= 0.3 is 0 Å². The standard InChI is InChI=1S/C28H28N6.HI/c1-5-18-32-26(17-16-23-20(3)31-34(21(23)4)22-12-8-7-9-13-22)33(19-6-2)28-27(32)29-24-14-10-11-15-25(24)30-28;/h5-17,26H,1-2,18-19H2,3-4H3;1H. The maximum atomic E-state index is 5.00. The first-order valence-corrected chi connectivity index (χ1v) is 11.5. The van der Waals surface area contributed by atoms with Gasteiger partial charge in [0.1, 0.15) is 6.54 Å². The van der Waals surface area contributed by atoms with Crippen LogP contribution >= 0.6 is 0 Å². The number of nitrogens with zero attached hydrogens (tertiary/aromatic N) is 5. The summed E-state index contributed by atoms with van der Waals surface area (Å²) in [6.07, 6.45) is 8.30. The van der Waals surface area contributed by atoms with Crippen LogP contribution in [-0.2, 0) is 0 Å². The molecule has 1 N–H and O–H groups in total. The van der Waals surface area contributed by atoms with E-state index in [4.69, 9.17) is 15.1 Å². The number of fused-ring (bicyclic) bond motifs is 2. The molecule has 0 bridgehead atoms. The number of benzene rings is 2. The molecule has 1 aliphatic rings. The highest BCUT2D eigenvalue weighted by atomic mass is 127. The zero-order valence-electron chi connectivity index (χ0n) is 20.0. The summed E-state index contributed by atoms with van der Waals surface area (Å²) in [5.74, 6) is 1.85. The van der Waals surface area contributed by atoms with Crippen molar-refractivity contribution in [3.8, 4) is 5.69 Å². The van der Waals surface area contributed by atoms with Gasteiger partial charge in [-0.1, -0.05) is 43.0 Å². The Balaban J connectivity index is 0.00000289. The molecule has 2 aromatic carbocycles. The molecule has 35 heavy (non-hydrogen) atoms. The molecular formula is C28H29IN6. The van der Waals surface area contributed by atoms with E-state index in [0.29, 0.717) is 6.54 Å². The summed E-state index contributed by atoms with van der Waals surface area (Å²) < 4.78 is 2.00. The molecule has 0 fully saturated rings. The summed E-state index contributed by atoms with van der Waals surface area (Å²) in [6, 6.07) is 18.3. The van der Waals surface area contributed by atoms with Gasteiger partial charge in [0.2, 0.25) is 5.82 Å². The number of hydrogen-bond acceptors (Lipinski definition) is 4. The van der Waals surface area contributed by atoms with E-state index in [-0.39, 0.29) is 30.1 Å². The van der Waals surface area contributed by atoms with Gasteiger partial charge in [0.15, 0.2) is 6.17 Å². The monoisotopic (exact) mass is 576 g/mol. The number of nitrogens with one attached hydrogen (secondary N) is 1. The number of anilines is 1. The highest BCUT2D eigenvalue weighted by Gasteiger charge is 2.41. The summed E-state index contributed by atoms with van der Waals surface area (Å²) in [5.41, 5.74) is 6.09. The Morgan fingerprint density at radius 3 is 2.31 bits per heavy atom. The van der Waals surface area contributed by atoms with Crippen LogP contribution in [0.2, 0.25) is 0 Å². The lowest BCUT2D eigenvalue weighted by atomic mass is 10.1. The van der Waals surface area contributed by atoms with E-state index in [0.717, 1.165) is 51.9 Å². The summed E-state index contributed by atoms with van der Waals surface area (Å²) in [6.45, 7) is 13.6. The van der Waals surface area contributed by atoms with Crippen molar-refractivity contribution in [2.24, 2.45) is 0 Å². The van der Waals surface area contributed by atoms with Crippen molar-refractivity contribution in [1.29, 1.82) is 0 Å². The first-order chi connectivity index (χ1) is 16.6. The van der Waals surface area contributed by atoms with Gasteiger partial charge in [0.05, 0.1) is 22.4 Å². The Bertz CT molecular complexity index is 1340. The molecule has 0 aliphatic carbocycles. The Kier molecular flexibility index (Phi) is 7.47. The largest absolute Gasteiger partial charge is 1.00 e. The van der Waals surface area contributed by atoms with Crippen LogP contribution in [0.15, 0.2) is 86.0 Å². The van der Waals surface area contributed by atoms with Crippen molar-refractivity contribution in [3.63, 3.8) is 0 Å². The Morgan fingerprint density at radius 2 is 1.63 bits per heavy atom. The van der Waals surface area contributed by atoms with Crippen LogP contribution in [0.3, 0.4) is 0 Å². The van der Waals surface area contributed by atoms with Gasteiger partial charge in [0.25, 0.3) is 5.82 Å². The third-order valence-electron chi connectivity index (χ3n) is 6.30. The number of hydrogen-bond donors (Lipinski definition) is 1. The van der Waals surface area contributed by atoms with E-state index in [2.05, 4.69) is 56.2 Å². The third kappa shape index (κ3) is 4.53. The molecule has 6 nitrogen and oxygen atoms in total. The Hall–Kier alpha value is -3.30. The van der Waals surface area contributed by atoms with Crippen LogP contribution in [0.5, 0.6) is 0 Å². The molecule has 2 unspecified atom stereocenters. The molecule has 4 aromatic rings. The second-order valence-corrected chi connectivity index (χ2v) is 8.48. The van der Waals surface area contributed by atoms with Gasteiger partial charge in [-0.3, -0.25) is 9.80 Å².